The van der Waals surface area contributed by atoms with Crippen LogP contribution in [0.25, 0.3) is 0 Å². The van der Waals surface area contributed by atoms with E-state index < -0.39 is 11.6 Å². The maximum atomic E-state index is 12.9. The molecule has 66 valence electrons. The van der Waals surface area contributed by atoms with Crippen LogP contribution >= 0.6 is 22.6 Å². The average molecular weight is 283 g/mol. The van der Waals surface area contributed by atoms with Gasteiger partial charge in [0.25, 0.3) is 0 Å². The first-order valence-corrected chi connectivity index (χ1v) is 4.50. The van der Waals surface area contributed by atoms with Crippen LogP contribution in [-0.4, -0.2) is 0 Å². The van der Waals surface area contributed by atoms with Gasteiger partial charge in [0.1, 0.15) is 11.6 Å². The molecular formula is C8H8F2IN. The first-order valence-electron chi connectivity index (χ1n) is 3.42. The largest absolute Gasteiger partial charge is 0.324 e. The van der Waals surface area contributed by atoms with Crippen LogP contribution in [-0.2, 0) is 0 Å². The van der Waals surface area contributed by atoms with Gasteiger partial charge in [0.15, 0.2) is 0 Å². The van der Waals surface area contributed by atoms with E-state index in [0.29, 0.717) is 9.13 Å². The van der Waals surface area contributed by atoms with E-state index in [4.69, 9.17) is 5.73 Å². The van der Waals surface area contributed by atoms with Gasteiger partial charge in [0.05, 0.1) is 3.57 Å². The quantitative estimate of drug-likeness (QED) is 0.622. The fraction of sp³-hybridized carbons (Fsp3) is 0.250. The van der Waals surface area contributed by atoms with Crippen LogP contribution in [0.3, 0.4) is 0 Å². The van der Waals surface area contributed by atoms with Gasteiger partial charge in [-0.3, -0.25) is 0 Å². The smallest absolute Gasteiger partial charge is 0.139 e. The van der Waals surface area contributed by atoms with Crippen molar-refractivity contribution in [2.45, 2.75) is 13.0 Å². The van der Waals surface area contributed by atoms with Gasteiger partial charge in [0.2, 0.25) is 0 Å². The number of benzene rings is 1. The molecule has 4 heteroatoms. The Balaban J connectivity index is 3.28. The summed E-state index contributed by atoms with van der Waals surface area (Å²) in [5, 5.41) is 0. The van der Waals surface area contributed by atoms with E-state index in [1.54, 1.807) is 6.92 Å². The predicted octanol–water partition coefficient (Wildman–Crippen LogP) is 2.59. The van der Waals surface area contributed by atoms with E-state index in [-0.39, 0.29) is 6.04 Å². The molecule has 0 aromatic heterocycles. The first-order chi connectivity index (χ1) is 5.52. The second kappa shape index (κ2) is 3.66. The summed E-state index contributed by atoms with van der Waals surface area (Å²) in [7, 11) is 0. The van der Waals surface area contributed by atoms with Crippen LogP contribution in [0.5, 0.6) is 0 Å². The van der Waals surface area contributed by atoms with Crippen molar-refractivity contribution in [1.29, 1.82) is 0 Å². The molecule has 1 aromatic carbocycles. The van der Waals surface area contributed by atoms with Crippen molar-refractivity contribution in [3.05, 3.63) is 32.9 Å². The molecule has 0 aliphatic carbocycles. The lowest BCUT2D eigenvalue weighted by atomic mass is 10.1. The SMILES string of the molecule is CC(N)c1cc(F)cc(F)c1I. The topological polar surface area (TPSA) is 26.0 Å². The summed E-state index contributed by atoms with van der Waals surface area (Å²) in [6.45, 7) is 1.69. The fourth-order valence-electron chi connectivity index (χ4n) is 0.907. The first kappa shape index (κ1) is 9.85. The van der Waals surface area contributed by atoms with Gasteiger partial charge in [0, 0.05) is 12.1 Å². The molecule has 0 heterocycles. The molecule has 1 rings (SSSR count). The van der Waals surface area contributed by atoms with Crippen molar-refractivity contribution in [1.82, 2.24) is 0 Å². The van der Waals surface area contributed by atoms with Crippen LogP contribution in [0.2, 0.25) is 0 Å². The van der Waals surface area contributed by atoms with Crippen LogP contribution in [0.1, 0.15) is 18.5 Å². The Bertz CT molecular complexity index is 299. The lowest BCUT2D eigenvalue weighted by molar-refractivity contribution is 0.570. The molecule has 12 heavy (non-hydrogen) atoms. The number of rotatable bonds is 1. The molecule has 1 aromatic rings. The normalized spacial score (nSPS) is 13.1. The number of hydrogen-bond acceptors (Lipinski definition) is 1. The van der Waals surface area contributed by atoms with E-state index in [0.717, 1.165) is 6.07 Å². The van der Waals surface area contributed by atoms with Crippen LogP contribution < -0.4 is 5.73 Å². The van der Waals surface area contributed by atoms with Gasteiger partial charge < -0.3 is 5.73 Å². The monoisotopic (exact) mass is 283 g/mol. The highest BCUT2D eigenvalue weighted by molar-refractivity contribution is 14.1. The highest BCUT2D eigenvalue weighted by atomic mass is 127. The van der Waals surface area contributed by atoms with Crippen LogP contribution in [0, 0.1) is 15.2 Å². The lowest BCUT2D eigenvalue weighted by Crippen LogP contribution is -2.08. The van der Waals surface area contributed by atoms with Crippen molar-refractivity contribution in [3.63, 3.8) is 0 Å². The van der Waals surface area contributed by atoms with Crippen molar-refractivity contribution < 1.29 is 8.78 Å². The Hall–Kier alpha value is -0.230. The van der Waals surface area contributed by atoms with Gasteiger partial charge in [-0.1, -0.05) is 0 Å². The van der Waals surface area contributed by atoms with Crippen LogP contribution in [0.15, 0.2) is 12.1 Å². The Morgan fingerprint density at radius 2 is 2.00 bits per heavy atom. The second-order valence-electron chi connectivity index (χ2n) is 2.58. The summed E-state index contributed by atoms with van der Waals surface area (Å²) >= 11 is 1.82. The van der Waals surface area contributed by atoms with Gasteiger partial charge in [-0.05, 0) is 41.1 Å². The lowest BCUT2D eigenvalue weighted by Gasteiger charge is -2.08. The number of hydrogen-bond donors (Lipinski definition) is 1. The molecule has 0 bridgehead atoms. The molecule has 1 nitrogen and oxygen atoms in total. The van der Waals surface area contributed by atoms with Gasteiger partial charge in [-0.25, -0.2) is 8.78 Å². The molecule has 0 aliphatic heterocycles. The van der Waals surface area contributed by atoms with E-state index >= 15 is 0 Å². The van der Waals surface area contributed by atoms with Crippen molar-refractivity contribution in [2.75, 3.05) is 0 Å². The molecule has 0 saturated carbocycles. The minimum atomic E-state index is -0.583. The zero-order chi connectivity index (χ0) is 9.30. The average Bonchev–Trinajstić information content (AvgIpc) is 1.96. The fourth-order valence-corrected chi connectivity index (χ4v) is 1.71. The minimum absolute atomic E-state index is 0.345. The highest BCUT2D eigenvalue weighted by Gasteiger charge is 2.11. The molecule has 0 aliphatic rings. The van der Waals surface area contributed by atoms with Crippen LogP contribution in [0.4, 0.5) is 8.78 Å². The minimum Gasteiger partial charge on any atom is -0.324 e. The van der Waals surface area contributed by atoms with E-state index in [9.17, 15) is 8.78 Å². The third-order valence-electron chi connectivity index (χ3n) is 1.51. The number of nitrogens with two attached hydrogens (primary N) is 1. The van der Waals surface area contributed by atoms with Crippen molar-refractivity contribution >= 4 is 22.6 Å². The molecule has 0 saturated heterocycles. The Morgan fingerprint density at radius 1 is 1.42 bits per heavy atom. The molecule has 0 fully saturated rings. The second-order valence-corrected chi connectivity index (χ2v) is 3.66. The Morgan fingerprint density at radius 3 is 2.50 bits per heavy atom. The van der Waals surface area contributed by atoms with Gasteiger partial charge in [-0.2, -0.15) is 0 Å². The predicted molar refractivity (Wildman–Crippen MR) is 51.7 cm³/mol. The molecular weight excluding hydrogens is 275 g/mol. The Labute approximate surface area is 83.1 Å². The summed E-state index contributed by atoms with van der Waals surface area (Å²) in [5.41, 5.74) is 6.02. The molecule has 1 atom stereocenters. The van der Waals surface area contributed by atoms with E-state index in [1.165, 1.54) is 6.07 Å². The highest BCUT2D eigenvalue weighted by Crippen LogP contribution is 2.22. The maximum Gasteiger partial charge on any atom is 0.139 e. The third kappa shape index (κ3) is 1.92. The zero-order valence-electron chi connectivity index (χ0n) is 6.44. The van der Waals surface area contributed by atoms with E-state index in [2.05, 4.69) is 0 Å². The van der Waals surface area contributed by atoms with E-state index in [1.807, 2.05) is 22.6 Å². The summed E-state index contributed by atoms with van der Waals surface area (Å²) < 4.78 is 26.0. The molecule has 0 spiro atoms. The number of halogens is 3. The summed E-state index contributed by atoms with van der Waals surface area (Å²) in [4.78, 5) is 0. The third-order valence-corrected chi connectivity index (χ3v) is 2.65. The van der Waals surface area contributed by atoms with Crippen molar-refractivity contribution in [3.8, 4) is 0 Å². The van der Waals surface area contributed by atoms with Crippen molar-refractivity contribution in [2.24, 2.45) is 5.73 Å². The summed E-state index contributed by atoms with van der Waals surface area (Å²) in [6, 6.07) is 1.77. The molecule has 0 radical (unpaired) electrons. The zero-order valence-corrected chi connectivity index (χ0v) is 8.60. The molecule has 0 amide bonds. The standard InChI is InChI=1S/C8H8F2IN/c1-4(12)6-2-5(9)3-7(10)8(6)11/h2-4H,12H2,1H3. The maximum absolute atomic E-state index is 12.9. The molecule has 2 N–H and O–H groups in total. The molecule has 1 unspecified atom stereocenters. The van der Waals surface area contributed by atoms with Gasteiger partial charge >= 0.3 is 0 Å². The summed E-state index contributed by atoms with van der Waals surface area (Å²) in [5.74, 6) is -1.14. The van der Waals surface area contributed by atoms with Gasteiger partial charge in [-0.15, -0.1) is 0 Å². The Kier molecular flexibility index (Phi) is 3.00. The summed E-state index contributed by atoms with van der Waals surface area (Å²) in [6.07, 6.45) is 0.